The van der Waals surface area contributed by atoms with Gasteiger partial charge in [0, 0.05) is 18.3 Å². The number of nitrogens with one attached hydrogen (secondary N) is 1. The van der Waals surface area contributed by atoms with Crippen molar-refractivity contribution in [2.75, 3.05) is 13.7 Å². The SMILES string of the molecule is COc1cc(-c2ccc(C(F)(F)F)cc2)c2ccc(C(=O)NC[C@H](O)c3ccccn3)cc2c1. The van der Waals surface area contributed by atoms with Gasteiger partial charge in [-0.1, -0.05) is 24.3 Å². The van der Waals surface area contributed by atoms with E-state index in [2.05, 4.69) is 10.3 Å². The van der Waals surface area contributed by atoms with Crippen molar-refractivity contribution < 1.29 is 27.8 Å². The number of amides is 1. The lowest BCUT2D eigenvalue weighted by Crippen LogP contribution is -2.28. The largest absolute Gasteiger partial charge is 0.497 e. The maximum absolute atomic E-state index is 12.9. The number of fused-ring (bicyclic) bond motifs is 1. The first-order valence-electron chi connectivity index (χ1n) is 10.4. The Morgan fingerprint density at radius 1 is 1.06 bits per heavy atom. The van der Waals surface area contributed by atoms with Gasteiger partial charge >= 0.3 is 6.18 Å². The highest BCUT2D eigenvalue weighted by molar-refractivity contribution is 6.03. The smallest absolute Gasteiger partial charge is 0.416 e. The highest BCUT2D eigenvalue weighted by atomic mass is 19.4. The topological polar surface area (TPSA) is 71.5 Å². The van der Waals surface area contributed by atoms with E-state index in [4.69, 9.17) is 4.74 Å². The summed E-state index contributed by atoms with van der Waals surface area (Å²) < 4.78 is 44.2. The Labute approximate surface area is 193 Å². The van der Waals surface area contributed by atoms with E-state index in [-0.39, 0.29) is 12.5 Å². The van der Waals surface area contributed by atoms with Gasteiger partial charge in [-0.25, -0.2) is 0 Å². The molecule has 0 spiro atoms. The van der Waals surface area contributed by atoms with E-state index < -0.39 is 17.8 Å². The second-order valence-electron chi connectivity index (χ2n) is 7.67. The molecule has 8 heteroatoms. The van der Waals surface area contributed by atoms with Gasteiger partial charge in [-0.05, 0) is 70.4 Å². The Bertz CT molecular complexity index is 1310. The number of benzene rings is 3. The summed E-state index contributed by atoms with van der Waals surface area (Å²) in [6.45, 7) is -0.0111. The fourth-order valence-corrected chi connectivity index (χ4v) is 3.65. The number of alkyl halides is 3. The molecule has 2 N–H and O–H groups in total. The second-order valence-corrected chi connectivity index (χ2v) is 7.67. The van der Waals surface area contributed by atoms with Crippen LogP contribution in [0.25, 0.3) is 21.9 Å². The molecule has 174 valence electrons. The van der Waals surface area contributed by atoms with Crippen molar-refractivity contribution in [1.29, 1.82) is 0 Å². The highest BCUT2D eigenvalue weighted by Crippen LogP contribution is 2.36. The van der Waals surface area contributed by atoms with Crippen LogP contribution in [0.5, 0.6) is 5.75 Å². The van der Waals surface area contributed by atoms with Gasteiger partial charge in [0.2, 0.25) is 0 Å². The van der Waals surface area contributed by atoms with Crippen molar-refractivity contribution in [3.8, 4) is 16.9 Å². The minimum absolute atomic E-state index is 0.0111. The number of hydrogen-bond donors (Lipinski definition) is 2. The van der Waals surface area contributed by atoms with Crippen LogP contribution in [0.2, 0.25) is 0 Å². The predicted molar refractivity (Wildman–Crippen MR) is 122 cm³/mol. The van der Waals surface area contributed by atoms with E-state index in [1.165, 1.54) is 19.2 Å². The summed E-state index contributed by atoms with van der Waals surface area (Å²) in [6.07, 6.45) is -3.80. The average molecular weight is 466 g/mol. The molecule has 1 atom stereocenters. The molecule has 0 fully saturated rings. The number of halogens is 3. The molecule has 4 aromatic rings. The fraction of sp³-hybridized carbons (Fsp3) is 0.154. The Balaban J connectivity index is 1.61. The number of hydrogen-bond acceptors (Lipinski definition) is 4. The van der Waals surface area contributed by atoms with Crippen molar-refractivity contribution in [1.82, 2.24) is 10.3 Å². The minimum Gasteiger partial charge on any atom is -0.497 e. The molecule has 0 saturated heterocycles. The maximum Gasteiger partial charge on any atom is 0.416 e. The lowest BCUT2D eigenvalue weighted by molar-refractivity contribution is -0.137. The summed E-state index contributed by atoms with van der Waals surface area (Å²) >= 11 is 0. The molecule has 34 heavy (non-hydrogen) atoms. The van der Waals surface area contributed by atoms with Gasteiger partial charge in [-0.15, -0.1) is 0 Å². The molecular formula is C26H21F3N2O3. The summed E-state index contributed by atoms with van der Waals surface area (Å²) in [6, 6.07) is 18.6. The number of methoxy groups -OCH3 is 1. The molecule has 0 aliphatic rings. The summed E-state index contributed by atoms with van der Waals surface area (Å²) in [5.74, 6) is 0.126. The summed E-state index contributed by atoms with van der Waals surface area (Å²) in [5.41, 5.74) is 1.36. The molecule has 0 aliphatic heterocycles. The number of nitrogens with zero attached hydrogens (tertiary/aromatic N) is 1. The third-order valence-corrected chi connectivity index (χ3v) is 5.43. The molecule has 0 saturated carbocycles. The minimum atomic E-state index is -4.42. The van der Waals surface area contributed by atoms with Gasteiger partial charge in [0.15, 0.2) is 0 Å². The molecule has 4 rings (SSSR count). The van der Waals surface area contributed by atoms with Gasteiger partial charge < -0.3 is 15.2 Å². The van der Waals surface area contributed by atoms with E-state index in [1.807, 2.05) is 0 Å². The zero-order valence-corrected chi connectivity index (χ0v) is 18.1. The van der Waals surface area contributed by atoms with Gasteiger partial charge in [0.25, 0.3) is 5.91 Å². The zero-order valence-electron chi connectivity index (χ0n) is 18.1. The van der Waals surface area contributed by atoms with E-state index >= 15 is 0 Å². The monoisotopic (exact) mass is 466 g/mol. The Morgan fingerprint density at radius 2 is 1.82 bits per heavy atom. The van der Waals surface area contributed by atoms with Crippen LogP contribution in [0, 0.1) is 0 Å². The highest BCUT2D eigenvalue weighted by Gasteiger charge is 2.30. The Hall–Kier alpha value is -3.91. The van der Waals surface area contributed by atoms with Gasteiger partial charge in [0.1, 0.15) is 11.9 Å². The van der Waals surface area contributed by atoms with Crippen LogP contribution in [-0.4, -0.2) is 29.7 Å². The lowest BCUT2D eigenvalue weighted by atomic mass is 9.95. The summed E-state index contributed by atoms with van der Waals surface area (Å²) in [7, 11) is 1.49. The molecule has 0 bridgehead atoms. The third kappa shape index (κ3) is 5.02. The van der Waals surface area contributed by atoms with Gasteiger partial charge in [-0.3, -0.25) is 9.78 Å². The number of aliphatic hydroxyl groups excluding tert-OH is 1. The number of carbonyl (C=O) groups is 1. The van der Waals surface area contributed by atoms with Crippen LogP contribution in [0.1, 0.15) is 27.7 Å². The van der Waals surface area contributed by atoms with E-state index in [0.717, 1.165) is 17.5 Å². The number of aromatic nitrogens is 1. The van der Waals surface area contributed by atoms with Crippen molar-refractivity contribution in [2.45, 2.75) is 12.3 Å². The van der Waals surface area contributed by atoms with Crippen LogP contribution < -0.4 is 10.1 Å². The second kappa shape index (κ2) is 9.52. The predicted octanol–water partition coefficient (Wildman–Crippen LogP) is 5.39. The number of aliphatic hydroxyl groups is 1. The first-order chi connectivity index (χ1) is 16.3. The molecule has 1 amide bonds. The number of pyridine rings is 1. The van der Waals surface area contributed by atoms with E-state index in [9.17, 15) is 23.1 Å². The van der Waals surface area contributed by atoms with Crippen LogP contribution in [0.4, 0.5) is 13.2 Å². The van der Waals surface area contributed by atoms with Crippen LogP contribution in [0.15, 0.2) is 79.0 Å². The summed E-state index contributed by atoms with van der Waals surface area (Å²) in [4.78, 5) is 16.8. The molecule has 5 nitrogen and oxygen atoms in total. The van der Waals surface area contributed by atoms with Gasteiger partial charge in [0.05, 0.1) is 18.4 Å². The first kappa shape index (κ1) is 23.3. The third-order valence-electron chi connectivity index (χ3n) is 5.43. The van der Waals surface area contributed by atoms with Crippen molar-refractivity contribution in [3.05, 3.63) is 95.8 Å². The van der Waals surface area contributed by atoms with Crippen molar-refractivity contribution in [2.24, 2.45) is 0 Å². The molecular weight excluding hydrogens is 445 g/mol. The van der Waals surface area contributed by atoms with Crippen LogP contribution in [0.3, 0.4) is 0 Å². The first-order valence-corrected chi connectivity index (χ1v) is 10.4. The Kier molecular flexibility index (Phi) is 6.51. The molecule has 1 aromatic heterocycles. The molecule has 1 heterocycles. The molecule has 3 aromatic carbocycles. The summed E-state index contributed by atoms with van der Waals surface area (Å²) in [5, 5.41) is 14.4. The van der Waals surface area contributed by atoms with Crippen molar-refractivity contribution in [3.63, 3.8) is 0 Å². The Morgan fingerprint density at radius 3 is 2.47 bits per heavy atom. The quantitative estimate of drug-likeness (QED) is 0.400. The molecule has 0 radical (unpaired) electrons. The van der Waals surface area contributed by atoms with Gasteiger partial charge in [-0.2, -0.15) is 13.2 Å². The lowest BCUT2D eigenvalue weighted by Gasteiger charge is -2.14. The normalized spacial score (nSPS) is 12.4. The fourth-order valence-electron chi connectivity index (χ4n) is 3.65. The maximum atomic E-state index is 12.9. The van der Waals surface area contributed by atoms with E-state index in [0.29, 0.717) is 33.5 Å². The van der Waals surface area contributed by atoms with Crippen LogP contribution in [-0.2, 0) is 6.18 Å². The molecule has 0 unspecified atom stereocenters. The standard InChI is InChI=1S/C26H21F3N2O3/c1-34-20-13-18-12-17(25(33)31-15-24(32)23-4-2-3-11-30-23)7-10-21(18)22(14-20)16-5-8-19(9-6-16)26(27,28)29/h2-14,24,32H,15H2,1H3,(H,31,33)/t24-/m0/s1. The van der Waals surface area contributed by atoms with E-state index in [1.54, 1.807) is 54.7 Å². The van der Waals surface area contributed by atoms with Crippen molar-refractivity contribution >= 4 is 16.7 Å². The number of ether oxygens (including phenoxy) is 1. The zero-order chi connectivity index (χ0) is 24.3. The average Bonchev–Trinajstić information content (AvgIpc) is 2.86. The number of rotatable bonds is 6. The van der Waals surface area contributed by atoms with Crippen LogP contribution >= 0.6 is 0 Å². The number of carbonyl (C=O) groups excluding carboxylic acids is 1. The molecule has 0 aliphatic carbocycles.